The number of rotatable bonds is 14. The van der Waals surface area contributed by atoms with Gasteiger partial charge in [0.1, 0.15) is 5.75 Å². The van der Waals surface area contributed by atoms with E-state index in [-0.39, 0.29) is 11.4 Å². The van der Waals surface area contributed by atoms with Gasteiger partial charge in [-0.05, 0) is 79.5 Å². The number of aliphatic hydroxyl groups is 1. The van der Waals surface area contributed by atoms with Crippen molar-refractivity contribution in [2.75, 3.05) is 0 Å². The average molecular weight is 513 g/mol. The zero-order chi connectivity index (χ0) is 26.3. The average Bonchev–Trinajstić information content (AvgIpc) is 3.14. The van der Waals surface area contributed by atoms with Crippen LogP contribution in [0.4, 0.5) is 0 Å². The highest BCUT2D eigenvalue weighted by Gasteiger charge is 2.63. The van der Waals surface area contributed by atoms with Crippen molar-refractivity contribution in [1.29, 1.82) is 0 Å². The van der Waals surface area contributed by atoms with Crippen LogP contribution in [0.2, 0.25) is 0 Å². The van der Waals surface area contributed by atoms with Gasteiger partial charge < -0.3 is 14.9 Å². The Morgan fingerprint density at radius 2 is 1.57 bits per heavy atom. The second kappa shape index (κ2) is 13.0. The number of aryl methyl sites for hydroxylation is 1. The molecule has 4 nitrogen and oxygen atoms in total. The van der Waals surface area contributed by atoms with E-state index in [0.717, 1.165) is 44.9 Å². The molecule has 5 atom stereocenters. The SMILES string of the molecule is CCCCCCCCCCCCCCC(=O)OC1(O)CC[C@H]2[C@@H]3CCc4cc(O)ccc4[C@H]3CC[C@@]21C. The number of phenols is 1. The number of carbonyl (C=O) groups excluding carboxylic acids is 1. The smallest absolute Gasteiger partial charge is 0.308 e. The van der Waals surface area contributed by atoms with Crippen molar-refractivity contribution in [3.8, 4) is 5.75 Å². The molecule has 0 amide bonds. The lowest BCUT2D eigenvalue weighted by Gasteiger charge is -2.52. The van der Waals surface area contributed by atoms with E-state index in [1.54, 1.807) is 0 Å². The third kappa shape index (κ3) is 6.54. The molecule has 0 aromatic heterocycles. The third-order valence-electron chi connectivity index (χ3n) is 10.3. The molecule has 3 aliphatic carbocycles. The normalized spacial score (nSPS) is 30.4. The number of unbranched alkanes of at least 4 members (excludes halogenated alkanes) is 11. The zero-order valence-corrected chi connectivity index (χ0v) is 23.6. The highest BCUT2D eigenvalue weighted by Crippen LogP contribution is 2.64. The van der Waals surface area contributed by atoms with Crippen LogP contribution in [-0.2, 0) is 16.0 Å². The summed E-state index contributed by atoms with van der Waals surface area (Å²) in [4.78, 5) is 12.8. The van der Waals surface area contributed by atoms with Gasteiger partial charge in [0, 0.05) is 18.3 Å². The summed E-state index contributed by atoms with van der Waals surface area (Å²) >= 11 is 0. The first-order chi connectivity index (χ1) is 17.9. The summed E-state index contributed by atoms with van der Waals surface area (Å²) in [5.74, 6) is 0.182. The van der Waals surface area contributed by atoms with Crippen molar-refractivity contribution in [2.24, 2.45) is 17.3 Å². The van der Waals surface area contributed by atoms with E-state index < -0.39 is 5.79 Å². The van der Waals surface area contributed by atoms with Crippen LogP contribution >= 0.6 is 0 Å². The van der Waals surface area contributed by atoms with Crippen LogP contribution in [0.15, 0.2) is 18.2 Å². The van der Waals surface area contributed by atoms with Crippen molar-refractivity contribution in [1.82, 2.24) is 0 Å². The number of benzene rings is 1. The maximum Gasteiger partial charge on any atom is 0.308 e. The molecular weight excluding hydrogens is 460 g/mol. The van der Waals surface area contributed by atoms with Gasteiger partial charge in [-0.2, -0.15) is 0 Å². The molecule has 2 saturated carbocycles. The summed E-state index contributed by atoms with van der Waals surface area (Å²) in [7, 11) is 0. The molecule has 2 N–H and O–H groups in total. The Morgan fingerprint density at radius 3 is 2.24 bits per heavy atom. The van der Waals surface area contributed by atoms with Gasteiger partial charge in [0.2, 0.25) is 5.79 Å². The lowest BCUT2D eigenvalue weighted by molar-refractivity contribution is -0.260. The molecule has 208 valence electrons. The molecule has 0 saturated heterocycles. The van der Waals surface area contributed by atoms with Gasteiger partial charge in [-0.3, -0.25) is 4.79 Å². The standard InChI is InChI=1S/C33H52O4/c1-3-4-5-6-7-8-9-10-11-12-13-14-15-31(35)37-33(36)23-21-30-29-18-16-25-24-26(34)17-19-27(25)28(29)20-22-32(30,33)2/h17,19,24,28-30,34,36H,3-16,18,20-23H2,1-2H3/t28-,29-,30+,32+,33?/m1/s1. The van der Waals surface area contributed by atoms with E-state index in [1.165, 1.54) is 75.3 Å². The van der Waals surface area contributed by atoms with E-state index >= 15 is 0 Å². The Labute approximate surface area is 225 Å². The van der Waals surface area contributed by atoms with Crippen molar-refractivity contribution < 1.29 is 19.7 Å². The predicted octanol–water partition coefficient (Wildman–Crippen LogP) is 8.57. The Bertz CT molecular complexity index is 881. The van der Waals surface area contributed by atoms with Crippen LogP contribution in [0, 0.1) is 17.3 Å². The molecule has 1 aromatic rings. The molecule has 0 bridgehead atoms. The van der Waals surface area contributed by atoms with Crippen molar-refractivity contribution in [3.05, 3.63) is 29.3 Å². The molecule has 3 aliphatic rings. The van der Waals surface area contributed by atoms with Crippen LogP contribution < -0.4 is 0 Å². The van der Waals surface area contributed by atoms with Crippen molar-refractivity contribution in [2.45, 2.75) is 148 Å². The fraction of sp³-hybridized carbons (Fsp3) is 0.788. The quantitative estimate of drug-likeness (QED) is 0.149. The van der Waals surface area contributed by atoms with Gasteiger partial charge in [0.15, 0.2) is 0 Å². The number of aromatic hydroxyl groups is 1. The Morgan fingerprint density at radius 1 is 0.919 bits per heavy atom. The molecule has 4 heteroatoms. The maximum absolute atomic E-state index is 12.8. The summed E-state index contributed by atoms with van der Waals surface area (Å²) in [5, 5.41) is 21.6. The zero-order valence-electron chi connectivity index (χ0n) is 23.6. The first-order valence-electron chi connectivity index (χ1n) is 15.6. The number of carbonyl (C=O) groups is 1. The highest BCUT2D eigenvalue weighted by molar-refractivity contribution is 5.69. The number of hydrogen-bond acceptors (Lipinski definition) is 4. The number of esters is 1. The minimum absolute atomic E-state index is 0.219. The number of hydrogen-bond donors (Lipinski definition) is 2. The fourth-order valence-corrected chi connectivity index (χ4v) is 8.06. The second-order valence-corrected chi connectivity index (χ2v) is 12.7. The molecule has 4 rings (SSSR count). The van der Waals surface area contributed by atoms with Crippen molar-refractivity contribution >= 4 is 5.97 Å². The molecule has 0 spiro atoms. The minimum atomic E-state index is -1.33. The van der Waals surface area contributed by atoms with E-state index in [4.69, 9.17) is 4.74 Å². The predicted molar refractivity (Wildman–Crippen MR) is 149 cm³/mol. The first kappa shape index (κ1) is 28.5. The second-order valence-electron chi connectivity index (χ2n) is 12.7. The largest absolute Gasteiger partial charge is 0.508 e. The van der Waals surface area contributed by atoms with Gasteiger partial charge in [-0.15, -0.1) is 0 Å². The third-order valence-corrected chi connectivity index (χ3v) is 10.3. The fourth-order valence-electron chi connectivity index (χ4n) is 8.06. The maximum atomic E-state index is 12.8. The van der Waals surface area contributed by atoms with E-state index in [2.05, 4.69) is 19.9 Å². The van der Waals surface area contributed by atoms with Gasteiger partial charge in [-0.1, -0.05) is 90.5 Å². The van der Waals surface area contributed by atoms with Crippen LogP contribution in [-0.4, -0.2) is 22.0 Å². The Balaban J connectivity index is 1.17. The summed E-state index contributed by atoms with van der Waals surface area (Å²) in [6.45, 7) is 4.44. The monoisotopic (exact) mass is 512 g/mol. The van der Waals surface area contributed by atoms with Crippen LogP contribution in [0.25, 0.3) is 0 Å². The Kier molecular flexibility index (Phi) is 10.00. The van der Waals surface area contributed by atoms with Crippen LogP contribution in [0.5, 0.6) is 5.75 Å². The number of phenolic OH excluding ortho intramolecular Hbond substituents is 1. The van der Waals surface area contributed by atoms with E-state index in [1.807, 2.05) is 12.1 Å². The van der Waals surface area contributed by atoms with E-state index in [0.29, 0.717) is 36.3 Å². The summed E-state index contributed by atoms with van der Waals surface area (Å²) < 4.78 is 5.92. The summed E-state index contributed by atoms with van der Waals surface area (Å²) in [6.07, 6.45) is 21.1. The number of ether oxygens (including phenoxy) is 1. The van der Waals surface area contributed by atoms with Gasteiger partial charge in [0.05, 0.1) is 0 Å². The van der Waals surface area contributed by atoms with Gasteiger partial charge >= 0.3 is 5.97 Å². The molecule has 0 radical (unpaired) electrons. The summed E-state index contributed by atoms with van der Waals surface area (Å²) in [5.41, 5.74) is 2.30. The number of fused-ring (bicyclic) bond motifs is 5. The molecule has 0 aliphatic heterocycles. The lowest BCUT2D eigenvalue weighted by Crippen LogP contribution is -2.53. The summed E-state index contributed by atoms with van der Waals surface area (Å²) in [6, 6.07) is 5.86. The highest BCUT2D eigenvalue weighted by atomic mass is 16.7. The topological polar surface area (TPSA) is 66.8 Å². The molecule has 0 heterocycles. The molecular formula is C33H52O4. The molecule has 1 aromatic carbocycles. The molecule has 1 unspecified atom stereocenters. The minimum Gasteiger partial charge on any atom is -0.508 e. The van der Waals surface area contributed by atoms with Gasteiger partial charge in [-0.25, -0.2) is 0 Å². The van der Waals surface area contributed by atoms with Crippen LogP contribution in [0.3, 0.4) is 0 Å². The van der Waals surface area contributed by atoms with Gasteiger partial charge in [0.25, 0.3) is 0 Å². The molecule has 2 fully saturated rings. The lowest BCUT2D eigenvalue weighted by atomic mass is 9.55. The van der Waals surface area contributed by atoms with Crippen LogP contribution in [0.1, 0.15) is 146 Å². The van der Waals surface area contributed by atoms with Crippen molar-refractivity contribution in [3.63, 3.8) is 0 Å². The molecule has 37 heavy (non-hydrogen) atoms. The Hall–Kier alpha value is -1.55. The first-order valence-corrected chi connectivity index (χ1v) is 15.6. The van der Waals surface area contributed by atoms with E-state index in [9.17, 15) is 15.0 Å².